The van der Waals surface area contributed by atoms with Gasteiger partial charge in [0.05, 0.1) is 5.69 Å². The molecule has 0 unspecified atom stereocenters. The highest BCUT2D eigenvalue weighted by molar-refractivity contribution is 5.91. The van der Waals surface area contributed by atoms with Crippen molar-refractivity contribution in [3.63, 3.8) is 0 Å². The standard InChI is InChI=1S/C10H7N3O3/c14-6-7-2-4-13(12-7)9-1-3-11-5-8(9)10(15)16/h1-6H,(H,15,16). The third-order valence-electron chi connectivity index (χ3n) is 2.01. The van der Waals surface area contributed by atoms with Gasteiger partial charge in [0.15, 0.2) is 6.29 Å². The molecule has 2 aromatic heterocycles. The van der Waals surface area contributed by atoms with Crippen LogP contribution in [-0.2, 0) is 0 Å². The van der Waals surface area contributed by atoms with Crippen molar-refractivity contribution in [3.05, 3.63) is 42.0 Å². The maximum Gasteiger partial charge on any atom is 0.339 e. The number of aromatic nitrogens is 3. The first-order chi connectivity index (χ1) is 7.72. The Hall–Kier alpha value is -2.50. The van der Waals surface area contributed by atoms with Gasteiger partial charge in [0.2, 0.25) is 0 Å². The monoisotopic (exact) mass is 217 g/mol. The lowest BCUT2D eigenvalue weighted by Gasteiger charge is -2.04. The number of carbonyl (C=O) groups excluding carboxylic acids is 1. The Balaban J connectivity index is 2.54. The number of carboxylic acids is 1. The quantitative estimate of drug-likeness (QED) is 0.768. The van der Waals surface area contributed by atoms with Crippen LogP contribution in [0.1, 0.15) is 20.8 Å². The van der Waals surface area contributed by atoms with E-state index in [1.165, 1.54) is 35.4 Å². The van der Waals surface area contributed by atoms with Crippen LogP contribution in [0.25, 0.3) is 5.69 Å². The first-order valence-electron chi connectivity index (χ1n) is 4.41. The van der Waals surface area contributed by atoms with E-state index in [4.69, 9.17) is 5.11 Å². The molecule has 1 N–H and O–H groups in total. The molecule has 0 aliphatic heterocycles. The second-order valence-corrected chi connectivity index (χ2v) is 3.00. The number of nitrogens with zero attached hydrogens (tertiary/aromatic N) is 3. The summed E-state index contributed by atoms with van der Waals surface area (Å²) in [5.41, 5.74) is 0.645. The number of pyridine rings is 1. The van der Waals surface area contributed by atoms with Crippen LogP contribution in [0.5, 0.6) is 0 Å². The van der Waals surface area contributed by atoms with E-state index in [1.807, 2.05) is 0 Å². The Morgan fingerprint density at radius 2 is 2.25 bits per heavy atom. The minimum absolute atomic E-state index is 0.0306. The van der Waals surface area contributed by atoms with Crippen LogP contribution in [-0.4, -0.2) is 32.1 Å². The Morgan fingerprint density at radius 1 is 1.44 bits per heavy atom. The summed E-state index contributed by atoms with van der Waals surface area (Å²) in [5.74, 6) is -1.09. The lowest BCUT2D eigenvalue weighted by Crippen LogP contribution is -2.06. The van der Waals surface area contributed by atoms with E-state index in [-0.39, 0.29) is 11.3 Å². The smallest absolute Gasteiger partial charge is 0.339 e. The van der Waals surface area contributed by atoms with Gasteiger partial charge in [-0.05, 0) is 12.1 Å². The van der Waals surface area contributed by atoms with Gasteiger partial charge in [-0.1, -0.05) is 0 Å². The number of hydrogen-bond acceptors (Lipinski definition) is 4. The molecule has 2 rings (SSSR count). The molecule has 16 heavy (non-hydrogen) atoms. The molecule has 6 heteroatoms. The number of rotatable bonds is 3. The molecule has 0 saturated carbocycles. The van der Waals surface area contributed by atoms with Crippen LogP contribution in [0, 0.1) is 0 Å². The minimum Gasteiger partial charge on any atom is -0.478 e. The molecule has 0 aliphatic rings. The van der Waals surface area contributed by atoms with Crippen molar-refractivity contribution in [1.29, 1.82) is 0 Å². The molecule has 0 spiro atoms. The molecule has 0 bridgehead atoms. The second-order valence-electron chi connectivity index (χ2n) is 3.00. The highest BCUT2D eigenvalue weighted by Gasteiger charge is 2.12. The first kappa shape index (κ1) is 10.0. The van der Waals surface area contributed by atoms with Crippen molar-refractivity contribution < 1.29 is 14.7 Å². The molecule has 2 aromatic rings. The lowest BCUT2D eigenvalue weighted by molar-refractivity contribution is 0.0696. The van der Waals surface area contributed by atoms with E-state index in [1.54, 1.807) is 0 Å². The molecule has 0 fully saturated rings. The van der Waals surface area contributed by atoms with Gasteiger partial charge in [0.1, 0.15) is 11.3 Å². The zero-order valence-corrected chi connectivity index (χ0v) is 8.07. The van der Waals surface area contributed by atoms with Crippen LogP contribution in [0.15, 0.2) is 30.7 Å². The Labute approximate surface area is 90.2 Å². The molecule has 0 aliphatic carbocycles. The van der Waals surface area contributed by atoms with Crippen molar-refractivity contribution in [2.75, 3.05) is 0 Å². The van der Waals surface area contributed by atoms with Gasteiger partial charge in [-0.2, -0.15) is 5.10 Å². The van der Waals surface area contributed by atoms with Gasteiger partial charge in [-0.25, -0.2) is 9.48 Å². The maximum atomic E-state index is 10.9. The zero-order chi connectivity index (χ0) is 11.5. The number of hydrogen-bond donors (Lipinski definition) is 1. The van der Waals surface area contributed by atoms with Crippen molar-refractivity contribution in [3.8, 4) is 5.69 Å². The van der Waals surface area contributed by atoms with Crippen molar-refractivity contribution in [1.82, 2.24) is 14.8 Å². The molecule has 0 saturated heterocycles. The number of aromatic carboxylic acids is 1. The van der Waals surface area contributed by atoms with Crippen molar-refractivity contribution >= 4 is 12.3 Å². The fourth-order valence-electron chi connectivity index (χ4n) is 1.29. The van der Waals surface area contributed by atoms with E-state index in [0.29, 0.717) is 12.0 Å². The van der Waals surface area contributed by atoms with Gasteiger partial charge in [-0.3, -0.25) is 9.78 Å². The predicted molar refractivity (Wildman–Crippen MR) is 53.7 cm³/mol. The summed E-state index contributed by atoms with van der Waals surface area (Å²) in [4.78, 5) is 25.1. The highest BCUT2D eigenvalue weighted by atomic mass is 16.4. The number of carbonyl (C=O) groups is 2. The van der Waals surface area contributed by atoms with Gasteiger partial charge in [-0.15, -0.1) is 0 Å². The highest BCUT2D eigenvalue weighted by Crippen LogP contribution is 2.12. The van der Waals surface area contributed by atoms with Crippen molar-refractivity contribution in [2.45, 2.75) is 0 Å². The summed E-state index contributed by atoms with van der Waals surface area (Å²) in [7, 11) is 0. The molecule has 0 aromatic carbocycles. The van der Waals surface area contributed by atoms with Gasteiger partial charge in [0.25, 0.3) is 0 Å². The molecule has 6 nitrogen and oxygen atoms in total. The average molecular weight is 217 g/mol. The summed E-state index contributed by atoms with van der Waals surface area (Å²) in [6.07, 6.45) is 4.81. The van der Waals surface area contributed by atoms with Gasteiger partial charge >= 0.3 is 5.97 Å². The van der Waals surface area contributed by atoms with Crippen LogP contribution < -0.4 is 0 Å². The molecule has 0 amide bonds. The fraction of sp³-hybridized carbons (Fsp3) is 0. The van der Waals surface area contributed by atoms with Gasteiger partial charge < -0.3 is 5.11 Å². The van der Waals surface area contributed by atoms with Gasteiger partial charge in [0, 0.05) is 18.6 Å². The zero-order valence-electron chi connectivity index (χ0n) is 8.07. The van der Waals surface area contributed by atoms with Crippen LogP contribution >= 0.6 is 0 Å². The molecule has 0 radical (unpaired) electrons. The molecular formula is C10H7N3O3. The normalized spacial score (nSPS) is 10.0. The number of aldehydes is 1. The Morgan fingerprint density at radius 3 is 2.88 bits per heavy atom. The summed E-state index contributed by atoms with van der Waals surface area (Å²) in [6.45, 7) is 0. The Kier molecular flexibility index (Phi) is 2.47. The Bertz CT molecular complexity index is 548. The molecule has 80 valence electrons. The fourth-order valence-corrected chi connectivity index (χ4v) is 1.29. The third-order valence-corrected chi connectivity index (χ3v) is 2.01. The summed E-state index contributed by atoms with van der Waals surface area (Å²) < 4.78 is 1.33. The van der Waals surface area contributed by atoms with E-state index in [2.05, 4.69) is 10.1 Å². The van der Waals surface area contributed by atoms with E-state index < -0.39 is 5.97 Å². The topological polar surface area (TPSA) is 85.1 Å². The lowest BCUT2D eigenvalue weighted by atomic mass is 10.2. The first-order valence-corrected chi connectivity index (χ1v) is 4.41. The molecule has 2 heterocycles. The molecule has 0 atom stereocenters. The summed E-state index contributed by atoms with van der Waals surface area (Å²) in [5, 5.41) is 12.8. The summed E-state index contributed by atoms with van der Waals surface area (Å²) in [6, 6.07) is 3.02. The van der Waals surface area contributed by atoms with E-state index in [0.717, 1.165) is 0 Å². The maximum absolute atomic E-state index is 10.9. The van der Waals surface area contributed by atoms with Crippen LogP contribution in [0.3, 0.4) is 0 Å². The second kappa shape index (κ2) is 3.93. The largest absolute Gasteiger partial charge is 0.478 e. The van der Waals surface area contributed by atoms with Crippen LogP contribution in [0.4, 0.5) is 0 Å². The summed E-state index contributed by atoms with van der Waals surface area (Å²) >= 11 is 0. The average Bonchev–Trinajstić information content (AvgIpc) is 2.77. The SMILES string of the molecule is O=Cc1ccn(-c2ccncc2C(=O)O)n1. The number of carboxylic acid groups (broad SMARTS) is 1. The van der Waals surface area contributed by atoms with Crippen LogP contribution in [0.2, 0.25) is 0 Å². The van der Waals surface area contributed by atoms with Crippen molar-refractivity contribution in [2.24, 2.45) is 0 Å². The van der Waals surface area contributed by atoms with E-state index in [9.17, 15) is 9.59 Å². The third kappa shape index (κ3) is 1.68. The predicted octanol–water partition coefficient (Wildman–Crippen LogP) is 0.778. The minimum atomic E-state index is -1.09. The molecular weight excluding hydrogens is 210 g/mol. The van der Waals surface area contributed by atoms with E-state index >= 15 is 0 Å².